The molecule has 1 saturated heterocycles. The third kappa shape index (κ3) is 3.15. The van der Waals surface area contributed by atoms with Crippen molar-refractivity contribution in [2.24, 2.45) is 5.92 Å². The Bertz CT molecular complexity index is 959. The van der Waals surface area contributed by atoms with Crippen LogP contribution in [0.4, 0.5) is 0 Å². The van der Waals surface area contributed by atoms with Crippen LogP contribution in [-0.4, -0.2) is 29.7 Å². The van der Waals surface area contributed by atoms with Crippen molar-refractivity contribution < 1.29 is 9.59 Å². The molecule has 1 fully saturated rings. The molecule has 0 bridgehead atoms. The number of likely N-dealkylation sites (tertiary alicyclic amines) is 1. The van der Waals surface area contributed by atoms with Gasteiger partial charge in [-0.15, -0.1) is 11.3 Å². The van der Waals surface area contributed by atoms with Crippen LogP contribution in [-0.2, 0) is 0 Å². The van der Waals surface area contributed by atoms with E-state index in [1.165, 1.54) is 11.3 Å². The zero-order chi connectivity index (χ0) is 18.1. The van der Waals surface area contributed by atoms with Gasteiger partial charge in [0.1, 0.15) is 4.88 Å². The molecule has 132 valence electrons. The molecular formula is C21H18ClNO2S. The van der Waals surface area contributed by atoms with E-state index in [2.05, 4.69) is 0 Å². The number of rotatable bonds is 3. The Balaban J connectivity index is 1.46. The Kier molecular flexibility index (Phi) is 4.79. The number of amides is 1. The van der Waals surface area contributed by atoms with Gasteiger partial charge in [0.25, 0.3) is 5.91 Å². The second-order valence-corrected chi connectivity index (χ2v) is 7.97. The standard InChI is InChI=1S/C21H18ClNO2S/c22-18-16-8-4-5-9-17(16)26-20(18)21(25)23-12-10-15(11-13-23)19(24)14-6-2-1-3-7-14/h1-9,15H,10-13H2. The van der Waals surface area contributed by atoms with E-state index in [4.69, 9.17) is 11.6 Å². The summed E-state index contributed by atoms with van der Waals surface area (Å²) >= 11 is 7.88. The molecule has 0 saturated carbocycles. The van der Waals surface area contributed by atoms with Crippen LogP contribution in [0.15, 0.2) is 54.6 Å². The number of thiophene rings is 1. The molecule has 1 aliphatic heterocycles. The number of carbonyl (C=O) groups is 2. The Hall–Kier alpha value is -2.17. The molecule has 2 aromatic carbocycles. The fourth-order valence-electron chi connectivity index (χ4n) is 3.48. The summed E-state index contributed by atoms with van der Waals surface area (Å²) < 4.78 is 1.02. The van der Waals surface area contributed by atoms with Crippen molar-refractivity contribution in [3.8, 4) is 0 Å². The Morgan fingerprint density at radius 2 is 1.62 bits per heavy atom. The van der Waals surface area contributed by atoms with Crippen LogP contribution in [0, 0.1) is 5.92 Å². The predicted octanol–water partition coefficient (Wildman–Crippen LogP) is 5.29. The number of carbonyl (C=O) groups excluding carboxylic acids is 2. The van der Waals surface area contributed by atoms with Crippen molar-refractivity contribution in [3.05, 3.63) is 70.1 Å². The highest BCUT2D eigenvalue weighted by Gasteiger charge is 2.30. The number of hydrogen-bond acceptors (Lipinski definition) is 3. The molecule has 5 heteroatoms. The van der Waals surface area contributed by atoms with E-state index in [1.807, 2.05) is 59.5 Å². The summed E-state index contributed by atoms with van der Waals surface area (Å²) in [7, 11) is 0. The largest absolute Gasteiger partial charge is 0.338 e. The summed E-state index contributed by atoms with van der Waals surface area (Å²) in [5.74, 6) is 0.138. The maximum absolute atomic E-state index is 12.9. The molecule has 0 unspecified atom stereocenters. The molecule has 1 aliphatic rings. The zero-order valence-corrected chi connectivity index (χ0v) is 15.7. The molecule has 2 heterocycles. The number of nitrogens with zero attached hydrogens (tertiary/aromatic N) is 1. The summed E-state index contributed by atoms with van der Waals surface area (Å²) in [6.45, 7) is 1.18. The van der Waals surface area contributed by atoms with E-state index in [-0.39, 0.29) is 17.6 Å². The number of benzene rings is 2. The van der Waals surface area contributed by atoms with Crippen LogP contribution in [0.3, 0.4) is 0 Å². The van der Waals surface area contributed by atoms with Crippen LogP contribution in [0.1, 0.15) is 32.9 Å². The Morgan fingerprint density at radius 3 is 2.31 bits per heavy atom. The number of halogens is 1. The van der Waals surface area contributed by atoms with Gasteiger partial charge >= 0.3 is 0 Å². The second kappa shape index (κ2) is 7.22. The normalized spacial score (nSPS) is 15.3. The van der Waals surface area contributed by atoms with E-state index >= 15 is 0 Å². The van der Waals surface area contributed by atoms with Crippen LogP contribution in [0.2, 0.25) is 5.02 Å². The quantitative estimate of drug-likeness (QED) is 0.576. The van der Waals surface area contributed by atoms with Gasteiger partial charge in [-0.2, -0.15) is 0 Å². The topological polar surface area (TPSA) is 37.4 Å². The number of Topliss-reactive ketones (excluding diaryl/α,β-unsaturated/α-hetero) is 1. The fraction of sp³-hybridized carbons (Fsp3) is 0.238. The van der Waals surface area contributed by atoms with E-state index in [9.17, 15) is 9.59 Å². The first-order chi connectivity index (χ1) is 12.6. The molecule has 0 aliphatic carbocycles. The fourth-order valence-corrected chi connectivity index (χ4v) is 4.96. The maximum Gasteiger partial charge on any atom is 0.265 e. The Morgan fingerprint density at radius 1 is 0.962 bits per heavy atom. The molecule has 0 N–H and O–H groups in total. The first-order valence-corrected chi connectivity index (χ1v) is 9.90. The third-order valence-electron chi connectivity index (χ3n) is 4.94. The lowest BCUT2D eigenvalue weighted by Gasteiger charge is -2.31. The molecule has 0 radical (unpaired) electrons. The molecule has 1 aromatic heterocycles. The van der Waals surface area contributed by atoms with E-state index in [0.29, 0.717) is 35.8 Å². The van der Waals surface area contributed by atoms with Gasteiger partial charge in [-0.25, -0.2) is 0 Å². The van der Waals surface area contributed by atoms with E-state index < -0.39 is 0 Å². The minimum atomic E-state index is -0.0261. The molecule has 4 rings (SSSR count). The number of piperidine rings is 1. The summed E-state index contributed by atoms with van der Waals surface area (Å²) in [5, 5.41) is 1.47. The van der Waals surface area contributed by atoms with Crippen molar-refractivity contribution in [1.82, 2.24) is 4.90 Å². The molecule has 1 amide bonds. The van der Waals surface area contributed by atoms with Crippen molar-refractivity contribution in [2.75, 3.05) is 13.1 Å². The molecule has 0 atom stereocenters. The lowest BCUT2D eigenvalue weighted by Crippen LogP contribution is -2.40. The molecular weight excluding hydrogens is 366 g/mol. The number of fused-ring (bicyclic) bond motifs is 1. The predicted molar refractivity (Wildman–Crippen MR) is 106 cm³/mol. The lowest BCUT2D eigenvalue weighted by atomic mass is 9.89. The van der Waals surface area contributed by atoms with Gasteiger partial charge in [0.2, 0.25) is 0 Å². The van der Waals surface area contributed by atoms with Gasteiger partial charge in [-0.1, -0.05) is 60.1 Å². The van der Waals surface area contributed by atoms with Gasteiger partial charge in [0, 0.05) is 34.7 Å². The van der Waals surface area contributed by atoms with E-state index in [1.54, 1.807) is 0 Å². The second-order valence-electron chi connectivity index (χ2n) is 6.54. The van der Waals surface area contributed by atoms with Gasteiger partial charge in [-0.3, -0.25) is 9.59 Å². The van der Waals surface area contributed by atoms with Crippen molar-refractivity contribution in [2.45, 2.75) is 12.8 Å². The minimum Gasteiger partial charge on any atom is -0.338 e. The number of ketones is 1. The number of hydrogen-bond donors (Lipinski definition) is 0. The zero-order valence-electron chi connectivity index (χ0n) is 14.2. The summed E-state index contributed by atoms with van der Waals surface area (Å²) in [6, 6.07) is 17.2. The Labute approximate surface area is 161 Å². The monoisotopic (exact) mass is 383 g/mol. The van der Waals surface area contributed by atoms with Crippen LogP contribution in [0.25, 0.3) is 10.1 Å². The molecule has 3 nitrogen and oxygen atoms in total. The van der Waals surface area contributed by atoms with Gasteiger partial charge in [0.15, 0.2) is 5.78 Å². The minimum absolute atomic E-state index is 0.0145. The van der Waals surface area contributed by atoms with Crippen LogP contribution < -0.4 is 0 Å². The SMILES string of the molecule is O=C(c1ccccc1)C1CCN(C(=O)c2sc3ccccc3c2Cl)CC1. The third-order valence-corrected chi connectivity index (χ3v) is 6.60. The highest BCUT2D eigenvalue weighted by molar-refractivity contribution is 7.21. The van der Waals surface area contributed by atoms with Gasteiger partial charge in [-0.05, 0) is 18.9 Å². The van der Waals surface area contributed by atoms with Crippen LogP contribution in [0.5, 0.6) is 0 Å². The molecule has 26 heavy (non-hydrogen) atoms. The van der Waals surface area contributed by atoms with Crippen molar-refractivity contribution in [3.63, 3.8) is 0 Å². The average molecular weight is 384 g/mol. The lowest BCUT2D eigenvalue weighted by molar-refractivity contribution is 0.0654. The van der Waals surface area contributed by atoms with Crippen LogP contribution >= 0.6 is 22.9 Å². The van der Waals surface area contributed by atoms with Gasteiger partial charge in [0.05, 0.1) is 5.02 Å². The first-order valence-electron chi connectivity index (χ1n) is 8.70. The summed E-state index contributed by atoms with van der Waals surface area (Å²) in [6.07, 6.45) is 1.39. The van der Waals surface area contributed by atoms with Gasteiger partial charge < -0.3 is 4.90 Å². The highest BCUT2D eigenvalue weighted by Crippen LogP contribution is 2.36. The van der Waals surface area contributed by atoms with E-state index in [0.717, 1.165) is 15.6 Å². The first kappa shape index (κ1) is 17.3. The van der Waals surface area contributed by atoms with Crippen molar-refractivity contribution in [1.29, 1.82) is 0 Å². The van der Waals surface area contributed by atoms with Crippen molar-refractivity contribution >= 4 is 44.7 Å². The molecule has 0 spiro atoms. The summed E-state index contributed by atoms with van der Waals surface area (Å²) in [4.78, 5) is 27.9. The smallest absolute Gasteiger partial charge is 0.265 e. The average Bonchev–Trinajstić information content (AvgIpc) is 3.04. The highest BCUT2D eigenvalue weighted by atomic mass is 35.5. The molecule has 3 aromatic rings. The summed E-state index contributed by atoms with van der Waals surface area (Å²) in [5.41, 5.74) is 0.754. The maximum atomic E-state index is 12.9.